The van der Waals surface area contributed by atoms with Crippen LogP contribution >= 0.6 is 27.3 Å². The Morgan fingerprint density at radius 1 is 1.11 bits per heavy atom. The number of rotatable bonds is 10. The molecule has 226 valence electrons. The molecule has 0 spiro atoms. The summed E-state index contributed by atoms with van der Waals surface area (Å²) in [5.41, 5.74) is 2.85. The zero-order valence-corrected chi connectivity index (χ0v) is 26.5. The fourth-order valence-corrected chi connectivity index (χ4v) is 6.50. The van der Waals surface area contributed by atoms with Crippen molar-refractivity contribution in [1.29, 1.82) is 0 Å². The normalized spacial score (nSPS) is 14.5. The van der Waals surface area contributed by atoms with E-state index in [2.05, 4.69) is 15.9 Å². The number of thiazole rings is 1. The summed E-state index contributed by atoms with van der Waals surface area (Å²) in [6.45, 7) is 4.30. The van der Waals surface area contributed by atoms with Crippen LogP contribution < -0.4 is 24.4 Å². The number of carbonyl (C=O) groups excluding carboxylic acids is 1. The van der Waals surface area contributed by atoms with Gasteiger partial charge in [0.25, 0.3) is 11.2 Å². The first-order valence-electron chi connectivity index (χ1n) is 13.8. The highest BCUT2D eigenvalue weighted by atomic mass is 79.9. The molecule has 3 aromatic carbocycles. The number of hydrogen-bond donors (Lipinski definition) is 0. The molecule has 1 aliphatic rings. The zero-order chi connectivity index (χ0) is 31.4. The minimum atomic E-state index is -0.682. The van der Waals surface area contributed by atoms with Crippen molar-refractivity contribution < 1.29 is 23.9 Å². The van der Waals surface area contributed by atoms with Gasteiger partial charge in [0.15, 0.2) is 16.3 Å². The molecular weight excluding hydrogens is 650 g/mol. The van der Waals surface area contributed by atoms with Gasteiger partial charge < -0.3 is 14.2 Å². The van der Waals surface area contributed by atoms with Gasteiger partial charge in [0.1, 0.15) is 6.61 Å². The van der Waals surface area contributed by atoms with Crippen molar-refractivity contribution in [2.24, 2.45) is 4.99 Å². The monoisotopic (exact) mass is 677 g/mol. The number of aromatic nitrogens is 1. The number of non-ortho nitro benzene ring substituents is 1. The summed E-state index contributed by atoms with van der Waals surface area (Å²) in [7, 11) is 1.32. The molecule has 0 amide bonds. The van der Waals surface area contributed by atoms with E-state index in [4.69, 9.17) is 19.2 Å². The van der Waals surface area contributed by atoms with Gasteiger partial charge in [0, 0.05) is 12.1 Å². The second-order valence-corrected chi connectivity index (χ2v) is 11.5. The number of fused-ring (bicyclic) bond motifs is 1. The number of hydrogen-bond acceptors (Lipinski definition) is 9. The van der Waals surface area contributed by atoms with Crippen LogP contribution in [0.3, 0.4) is 0 Å². The van der Waals surface area contributed by atoms with Crippen LogP contribution in [0.4, 0.5) is 5.69 Å². The standard InChI is InChI=1S/C32H28BrN3O7S/c1-4-24-27(31(38)41-3)28(21-9-7-6-8-10-21)35-30(37)26(44-32(35)34-24)17-20-15-23(33)29(25(16-20)42-5-2)43-18-19-11-13-22(14-12-19)36(39)40/h6-17,28H,4-5,18H2,1-3H3/b26-17-/t28-/m1/s1. The number of esters is 1. The summed E-state index contributed by atoms with van der Waals surface area (Å²) in [6, 6.07) is 18.4. The highest BCUT2D eigenvalue weighted by molar-refractivity contribution is 9.10. The van der Waals surface area contributed by atoms with E-state index in [0.29, 0.717) is 55.2 Å². The molecule has 1 aliphatic heterocycles. The Morgan fingerprint density at radius 3 is 2.48 bits per heavy atom. The van der Waals surface area contributed by atoms with Gasteiger partial charge in [-0.25, -0.2) is 9.79 Å². The molecule has 4 aromatic rings. The van der Waals surface area contributed by atoms with Gasteiger partial charge in [-0.05, 0) is 76.3 Å². The Hall–Kier alpha value is -4.55. The minimum absolute atomic E-state index is 0.00194. The van der Waals surface area contributed by atoms with E-state index in [1.165, 1.54) is 30.6 Å². The fourth-order valence-electron chi connectivity index (χ4n) is 4.91. The van der Waals surface area contributed by atoms with Gasteiger partial charge in [0.2, 0.25) is 0 Å². The quantitative estimate of drug-likeness (QED) is 0.124. The lowest BCUT2D eigenvalue weighted by Crippen LogP contribution is -2.40. The lowest BCUT2D eigenvalue weighted by atomic mass is 9.95. The van der Waals surface area contributed by atoms with Crippen LogP contribution in [-0.4, -0.2) is 29.2 Å². The maximum absolute atomic E-state index is 13.9. The van der Waals surface area contributed by atoms with Crippen molar-refractivity contribution in [2.45, 2.75) is 32.9 Å². The lowest BCUT2D eigenvalue weighted by Gasteiger charge is -2.25. The van der Waals surface area contributed by atoms with Crippen molar-refractivity contribution in [2.75, 3.05) is 13.7 Å². The second-order valence-electron chi connectivity index (χ2n) is 9.67. The molecule has 0 unspecified atom stereocenters. The van der Waals surface area contributed by atoms with Crippen molar-refractivity contribution in [3.05, 3.63) is 129 Å². The average molecular weight is 679 g/mol. The van der Waals surface area contributed by atoms with Crippen molar-refractivity contribution >= 4 is 45.0 Å². The summed E-state index contributed by atoms with van der Waals surface area (Å²) >= 11 is 4.82. The maximum Gasteiger partial charge on any atom is 0.338 e. The number of allylic oxidation sites excluding steroid dienone is 1. The predicted octanol–water partition coefficient (Wildman–Crippen LogP) is 5.45. The smallest absolute Gasteiger partial charge is 0.338 e. The molecular formula is C32H28BrN3O7S. The zero-order valence-electron chi connectivity index (χ0n) is 24.1. The number of halogens is 1. The maximum atomic E-state index is 13.9. The highest BCUT2D eigenvalue weighted by Gasteiger charge is 2.33. The van der Waals surface area contributed by atoms with Gasteiger partial charge >= 0.3 is 5.97 Å². The Morgan fingerprint density at radius 2 is 1.84 bits per heavy atom. The third-order valence-electron chi connectivity index (χ3n) is 6.93. The molecule has 0 aliphatic carbocycles. The molecule has 0 radical (unpaired) electrons. The first-order chi connectivity index (χ1) is 21.2. The molecule has 1 aromatic heterocycles. The van der Waals surface area contributed by atoms with Gasteiger partial charge in [-0.15, -0.1) is 0 Å². The van der Waals surface area contributed by atoms with Crippen molar-refractivity contribution in [3.63, 3.8) is 0 Å². The first-order valence-corrected chi connectivity index (χ1v) is 15.4. The summed E-state index contributed by atoms with van der Waals surface area (Å²) < 4.78 is 19.6. The number of carbonyl (C=O) groups is 1. The predicted molar refractivity (Wildman–Crippen MR) is 170 cm³/mol. The third-order valence-corrected chi connectivity index (χ3v) is 8.50. The fraction of sp³-hybridized carbons (Fsp3) is 0.219. The molecule has 5 rings (SSSR count). The van der Waals surface area contributed by atoms with Crippen LogP contribution in [0.25, 0.3) is 6.08 Å². The van der Waals surface area contributed by atoms with Gasteiger partial charge in [-0.3, -0.25) is 19.5 Å². The molecule has 0 saturated carbocycles. The number of benzene rings is 3. The summed E-state index contributed by atoms with van der Waals surface area (Å²) in [4.78, 5) is 42.6. The van der Waals surface area contributed by atoms with Crippen molar-refractivity contribution in [3.8, 4) is 11.5 Å². The molecule has 0 bridgehead atoms. The number of nitro groups is 1. The summed E-state index contributed by atoms with van der Waals surface area (Å²) in [6.07, 6.45) is 2.25. The molecule has 0 fully saturated rings. The van der Waals surface area contributed by atoms with Crippen LogP contribution in [0.5, 0.6) is 11.5 Å². The van der Waals surface area contributed by atoms with Crippen LogP contribution in [0.15, 0.2) is 92.3 Å². The van der Waals surface area contributed by atoms with E-state index in [1.807, 2.05) is 50.2 Å². The van der Waals surface area contributed by atoms with E-state index in [-0.39, 0.29) is 17.9 Å². The number of ether oxygens (including phenoxy) is 3. The van der Waals surface area contributed by atoms with Crippen LogP contribution in [0.2, 0.25) is 0 Å². The molecule has 1 atom stereocenters. The Labute approximate surface area is 264 Å². The highest BCUT2D eigenvalue weighted by Crippen LogP contribution is 2.38. The minimum Gasteiger partial charge on any atom is -0.490 e. The molecule has 44 heavy (non-hydrogen) atoms. The van der Waals surface area contributed by atoms with E-state index in [9.17, 15) is 19.7 Å². The van der Waals surface area contributed by atoms with E-state index >= 15 is 0 Å². The van der Waals surface area contributed by atoms with E-state index in [0.717, 1.165) is 11.1 Å². The third kappa shape index (κ3) is 6.22. The Bertz CT molecular complexity index is 1930. The van der Waals surface area contributed by atoms with E-state index < -0.39 is 16.9 Å². The molecule has 0 saturated heterocycles. The molecule has 2 heterocycles. The number of methoxy groups -OCH3 is 1. The molecule has 10 nitrogen and oxygen atoms in total. The van der Waals surface area contributed by atoms with Gasteiger partial charge in [0.05, 0.1) is 45.0 Å². The number of nitro benzene ring substituents is 1. The Kier molecular flexibility index (Phi) is 9.40. The molecule has 12 heteroatoms. The number of nitrogens with zero attached hydrogens (tertiary/aromatic N) is 3. The molecule has 0 N–H and O–H groups in total. The Balaban J connectivity index is 1.56. The van der Waals surface area contributed by atoms with Crippen LogP contribution in [0.1, 0.15) is 43.0 Å². The SMILES string of the molecule is CCOc1cc(/C=c2\sc3n(c2=O)[C@H](c2ccccc2)C(C(=O)OC)=C(CC)N=3)cc(Br)c1OCc1ccc([N+](=O)[O-])cc1. The average Bonchev–Trinajstić information content (AvgIpc) is 3.34. The lowest BCUT2D eigenvalue weighted by molar-refractivity contribution is -0.384. The second kappa shape index (κ2) is 13.4. The topological polar surface area (TPSA) is 122 Å². The largest absolute Gasteiger partial charge is 0.490 e. The summed E-state index contributed by atoms with van der Waals surface area (Å²) in [5, 5.41) is 11.0. The van der Waals surface area contributed by atoms with Crippen LogP contribution in [-0.2, 0) is 16.1 Å². The first kappa shape index (κ1) is 30.9. The van der Waals surface area contributed by atoms with Gasteiger partial charge in [-0.1, -0.05) is 48.6 Å². The van der Waals surface area contributed by atoms with Gasteiger partial charge in [-0.2, -0.15) is 0 Å². The van der Waals surface area contributed by atoms with Crippen LogP contribution in [0, 0.1) is 10.1 Å². The van der Waals surface area contributed by atoms with E-state index in [1.54, 1.807) is 28.8 Å². The summed E-state index contributed by atoms with van der Waals surface area (Å²) in [5.74, 6) is 0.401. The van der Waals surface area contributed by atoms with Crippen molar-refractivity contribution in [1.82, 2.24) is 4.57 Å².